The Morgan fingerprint density at radius 1 is 0.911 bits per heavy atom. The minimum Gasteiger partial charge on any atom is -0.493 e. The van der Waals surface area contributed by atoms with Gasteiger partial charge in [0.25, 0.3) is 11.5 Å². The average molecular weight is 794 g/mol. The van der Waals surface area contributed by atoms with E-state index in [1.54, 1.807) is 23.9 Å². The number of imide groups is 1. The van der Waals surface area contributed by atoms with E-state index in [-0.39, 0.29) is 29.7 Å². The number of aromatic nitrogens is 2. The molecule has 1 aromatic heterocycles. The maximum Gasteiger partial charge on any atom is 0.261 e. The zero-order chi connectivity index (χ0) is 38.8. The number of nitrogens with one attached hydrogen (secondary N) is 3. The molecular formula is C40H49F2N7O6S. The van der Waals surface area contributed by atoms with Gasteiger partial charge in [0.15, 0.2) is 0 Å². The lowest BCUT2D eigenvalue weighted by Crippen LogP contribution is -2.64. The van der Waals surface area contributed by atoms with Crippen molar-refractivity contribution in [2.75, 3.05) is 64.0 Å². The largest absolute Gasteiger partial charge is 0.493 e. The maximum atomic E-state index is 15.1. The Hall–Kier alpha value is -4.12. The quantitative estimate of drug-likeness (QED) is 0.245. The van der Waals surface area contributed by atoms with Crippen LogP contribution in [0.25, 0.3) is 10.9 Å². The Bertz CT molecular complexity index is 1990. The number of piperidine rings is 3. The molecule has 300 valence electrons. The Morgan fingerprint density at radius 2 is 1.68 bits per heavy atom. The standard InChI is InChI=1S/C40H49F2N7O6S/c41-31-17-26(1-2-30(31)38(51)44-33-3-4-36(50)46-39(33)52)47-13-7-25(8-14-47)49-20-27(21-49)48-11-5-24(6-12-48)22-55-28-18-32(42)37-34(19-28)43-35(45-40(37)53)23-56-29-9-15-54-16-10-29/h1-2,17-19,24-25,27,29,33H,3-16,20-23H2,(H,44,51)(H,43,45,53)(H,46,50,52). The smallest absolute Gasteiger partial charge is 0.261 e. The number of rotatable bonds is 11. The number of amides is 3. The molecule has 16 heteroatoms. The molecule has 1 unspecified atom stereocenters. The number of thioether (sulfide) groups is 1. The van der Waals surface area contributed by atoms with E-state index in [0.717, 1.165) is 96.7 Å². The third-order valence-corrected chi connectivity index (χ3v) is 13.4. The number of carbonyl (C=O) groups excluding carboxylic acids is 3. The van der Waals surface area contributed by atoms with E-state index in [2.05, 4.69) is 35.3 Å². The first-order valence-electron chi connectivity index (χ1n) is 19.9. The van der Waals surface area contributed by atoms with Crippen molar-refractivity contribution in [3.05, 3.63) is 63.7 Å². The predicted molar refractivity (Wildman–Crippen MR) is 208 cm³/mol. The van der Waals surface area contributed by atoms with E-state index in [9.17, 15) is 19.2 Å². The molecule has 0 spiro atoms. The highest BCUT2D eigenvalue weighted by Crippen LogP contribution is 2.31. The monoisotopic (exact) mass is 793 g/mol. The highest BCUT2D eigenvalue weighted by Gasteiger charge is 2.38. The Morgan fingerprint density at radius 3 is 2.41 bits per heavy atom. The van der Waals surface area contributed by atoms with Crippen molar-refractivity contribution in [2.24, 2.45) is 5.92 Å². The zero-order valence-electron chi connectivity index (χ0n) is 31.4. The number of benzene rings is 2. The molecule has 6 heterocycles. The molecular weight excluding hydrogens is 745 g/mol. The Balaban J connectivity index is 0.753. The Kier molecular flexibility index (Phi) is 11.9. The number of hydrogen-bond acceptors (Lipinski definition) is 11. The molecule has 1 atom stereocenters. The summed E-state index contributed by atoms with van der Waals surface area (Å²) in [5.74, 6) is -1.03. The first-order chi connectivity index (χ1) is 27.2. The first-order valence-corrected chi connectivity index (χ1v) is 20.9. The summed E-state index contributed by atoms with van der Waals surface area (Å²) in [4.78, 5) is 63.4. The van der Waals surface area contributed by atoms with Crippen molar-refractivity contribution in [1.29, 1.82) is 0 Å². The predicted octanol–water partition coefficient (Wildman–Crippen LogP) is 3.59. The molecule has 5 saturated heterocycles. The van der Waals surface area contributed by atoms with Gasteiger partial charge in [-0.05, 0) is 82.2 Å². The number of likely N-dealkylation sites (tertiary alicyclic amines) is 2. The first kappa shape index (κ1) is 38.7. The van der Waals surface area contributed by atoms with Crippen LogP contribution in [-0.4, -0.2) is 120 Å². The summed E-state index contributed by atoms with van der Waals surface area (Å²) in [6.45, 7) is 7.65. The van der Waals surface area contributed by atoms with Gasteiger partial charge in [0.2, 0.25) is 11.8 Å². The van der Waals surface area contributed by atoms with Crippen LogP contribution in [0, 0.1) is 17.6 Å². The number of nitrogens with zero attached hydrogens (tertiary/aromatic N) is 4. The van der Waals surface area contributed by atoms with Crippen LogP contribution >= 0.6 is 11.8 Å². The fraction of sp³-hybridized carbons (Fsp3) is 0.575. The molecule has 3 N–H and O–H groups in total. The van der Waals surface area contributed by atoms with Crippen LogP contribution in [-0.2, 0) is 20.1 Å². The van der Waals surface area contributed by atoms with Crippen molar-refractivity contribution < 1.29 is 32.6 Å². The second-order valence-electron chi connectivity index (χ2n) is 15.7. The van der Waals surface area contributed by atoms with E-state index < -0.39 is 35.0 Å². The van der Waals surface area contributed by atoms with Crippen molar-refractivity contribution in [2.45, 2.75) is 80.5 Å². The summed E-state index contributed by atoms with van der Waals surface area (Å²) in [7, 11) is 0. The lowest BCUT2D eigenvalue weighted by molar-refractivity contribution is -0.134. The van der Waals surface area contributed by atoms with Gasteiger partial charge in [0.1, 0.15) is 34.6 Å². The molecule has 56 heavy (non-hydrogen) atoms. The summed E-state index contributed by atoms with van der Waals surface area (Å²) >= 11 is 1.75. The molecule has 5 aliphatic heterocycles. The van der Waals surface area contributed by atoms with Gasteiger partial charge in [-0.25, -0.2) is 13.8 Å². The van der Waals surface area contributed by atoms with Gasteiger partial charge in [0.05, 0.1) is 23.4 Å². The normalized spacial score (nSPS) is 22.6. The SMILES string of the molecule is O=C1CCC(NC(=O)c2ccc(N3CCC(N4CC(N5CCC(COc6cc(F)c7c(=O)[nH]c(CSC8CCOCC8)nc7c6)CC5)C4)CC3)cc2F)C(=O)N1. The highest BCUT2D eigenvalue weighted by atomic mass is 32.2. The molecule has 3 amide bonds. The summed E-state index contributed by atoms with van der Waals surface area (Å²) in [5.41, 5.74) is 0.458. The van der Waals surface area contributed by atoms with Crippen LogP contribution in [0.3, 0.4) is 0 Å². The molecule has 2 aromatic carbocycles. The highest BCUT2D eigenvalue weighted by molar-refractivity contribution is 7.99. The average Bonchev–Trinajstić information content (AvgIpc) is 3.17. The molecule has 0 radical (unpaired) electrons. The number of ether oxygens (including phenoxy) is 2. The van der Waals surface area contributed by atoms with Crippen molar-refractivity contribution >= 4 is 46.1 Å². The van der Waals surface area contributed by atoms with Crippen LogP contribution in [0.1, 0.15) is 67.5 Å². The number of fused-ring (bicyclic) bond motifs is 1. The van der Waals surface area contributed by atoms with Crippen LogP contribution < -0.4 is 25.8 Å². The maximum absolute atomic E-state index is 15.1. The number of hydrogen-bond donors (Lipinski definition) is 3. The third kappa shape index (κ3) is 8.88. The molecule has 0 bridgehead atoms. The van der Waals surface area contributed by atoms with Gasteiger partial charge in [-0.1, -0.05) is 0 Å². The minimum absolute atomic E-state index is 0.0376. The number of anilines is 1. The van der Waals surface area contributed by atoms with Gasteiger partial charge >= 0.3 is 0 Å². The van der Waals surface area contributed by atoms with Gasteiger partial charge in [-0.15, -0.1) is 0 Å². The lowest BCUT2D eigenvalue weighted by Gasteiger charge is -2.52. The number of halogens is 2. The van der Waals surface area contributed by atoms with Crippen LogP contribution in [0.15, 0.2) is 35.1 Å². The van der Waals surface area contributed by atoms with E-state index in [1.165, 1.54) is 18.2 Å². The van der Waals surface area contributed by atoms with Gasteiger partial charge in [-0.2, -0.15) is 11.8 Å². The fourth-order valence-corrected chi connectivity index (χ4v) is 9.65. The van der Waals surface area contributed by atoms with E-state index >= 15 is 8.78 Å². The molecule has 5 fully saturated rings. The van der Waals surface area contributed by atoms with E-state index in [1.807, 2.05) is 0 Å². The molecule has 5 aliphatic rings. The van der Waals surface area contributed by atoms with E-state index in [4.69, 9.17) is 9.47 Å². The summed E-state index contributed by atoms with van der Waals surface area (Å²) in [5, 5.41) is 5.16. The van der Waals surface area contributed by atoms with Crippen LogP contribution in [0.2, 0.25) is 0 Å². The number of aromatic amines is 1. The second-order valence-corrected chi connectivity index (χ2v) is 17.0. The number of H-pyrrole nitrogens is 1. The van der Waals surface area contributed by atoms with Crippen LogP contribution in [0.4, 0.5) is 14.5 Å². The topological polar surface area (TPSA) is 149 Å². The molecule has 3 aromatic rings. The van der Waals surface area contributed by atoms with E-state index in [0.29, 0.717) is 52.7 Å². The summed E-state index contributed by atoms with van der Waals surface area (Å²) in [6.07, 6.45) is 6.22. The molecule has 8 rings (SSSR count). The van der Waals surface area contributed by atoms with Crippen molar-refractivity contribution in [1.82, 2.24) is 30.4 Å². The Labute approximate surface area is 328 Å². The van der Waals surface area contributed by atoms with Crippen molar-refractivity contribution in [3.63, 3.8) is 0 Å². The van der Waals surface area contributed by atoms with Gasteiger partial charge < -0.3 is 24.7 Å². The van der Waals surface area contributed by atoms with Gasteiger partial charge in [0, 0.05) is 81.0 Å². The summed E-state index contributed by atoms with van der Waals surface area (Å²) < 4.78 is 41.6. The number of carbonyl (C=O) groups is 3. The van der Waals surface area contributed by atoms with Crippen LogP contribution in [0.5, 0.6) is 5.75 Å². The third-order valence-electron chi connectivity index (χ3n) is 12.0. The molecule has 13 nitrogen and oxygen atoms in total. The minimum atomic E-state index is -0.860. The second kappa shape index (κ2) is 17.2. The molecule has 0 aliphatic carbocycles. The summed E-state index contributed by atoms with van der Waals surface area (Å²) in [6, 6.07) is 7.72. The zero-order valence-corrected chi connectivity index (χ0v) is 32.2. The van der Waals surface area contributed by atoms with Gasteiger partial charge in [-0.3, -0.25) is 34.3 Å². The molecule has 0 saturated carbocycles. The fourth-order valence-electron chi connectivity index (χ4n) is 8.60. The lowest BCUT2D eigenvalue weighted by atomic mass is 9.92. The van der Waals surface area contributed by atoms with Crippen molar-refractivity contribution in [3.8, 4) is 5.75 Å².